The van der Waals surface area contributed by atoms with E-state index in [4.69, 9.17) is 0 Å². The molecule has 0 rings (SSSR count). The van der Waals surface area contributed by atoms with Gasteiger partial charge in [0.1, 0.15) is 0 Å². The van der Waals surface area contributed by atoms with Crippen LogP contribution in [0.4, 0.5) is 0 Å². The molecule has 0 aromatic carbocycles. The largest absolute Gasteiger partial charge is 0.0672 e. The molecule has 0 heterocycles. The van der Waals surface area contributed by atoms with E-state index < -0.39 is 16.1 Å². The van der Waals surface area contributed by atoms with E-state index >= 15 is 0 Å². The molecular formula is C20H46Si2. The maximum Gasteiger partial charge on any atom is 0.0615 e. The molecular weight excluding hydrogens is 296 g/mol. The van der Waals surface area contributed by atoms with Crippen molar-refractivity contribution in [2.75, 3.05) is 0 Å². The second-order valence-electron chi connectivity index (χ2n) is 9.65. The first-order valence-corrected chi connectivity index (χ1v) is 14.4. The highest BCUT2D eigenvalue weighted by molar-refractivity contribution is 7.02. The predicted molar refractivity (Wildman–Crippen MR) is 112 cm³/mol. The molecule has 0 atom stereocenters. The minimum Gasteiger partial charge on any atom is -0.0672 e. The molecule has 0 amide bonds. The minimum atomic E-state index is -1.39. The Bertz CT molecular complexity index is 251. The van der Waals surface area contributed by atoms with Gasteiger partial charge in [-0.2, -0.15) is 0 Å². The van der Waals surface area contributed by atoms with Crippen LogP contribution in [0.3, 0.4) is 0 Å². The first kappa shape index (κ1) is 22.4. The number of rotatable bonds is 8. The molecule has 0 fully saturated rings. The van der Waals surface area contributed by atoms with Gasteiger partial charge in [0.05, 0.1) is 16.1 Å². The summed E-state index contributed by atoms with van der Waals surface area (Å²) in [4.78, 5) is 0. The first-order chi connectivity index (χ1) is 9.81. The topological polar surface area (TPSA) is 0 Å². The second-order valence-corrected chi connectivity index (χ2v) is 22.9. The Morgan fingerprint density at radius 1 is 0.318 bits per heavy atom. The molecule has 0 aromatic rings. The summed E-state index contributed by atoms with van der Waals surface area (Å²) in [6, 6.07) is 0. The summed E-state index contributed by atoms with van der Waals surface area (Å²) in [6.45, 7) is 33.2. The van der Waals surface area contributed by atoms with Gasteiger partial charge in [-0.1, -0.05) is 128 Å². The van der Waals surface area contributed by atoms with Gasteiger partial charge in [-0.15, -0.1) is 0 Å². The van der Waals surface area contributed by atoms with Gasteiger partial charge in [0, 0.05) is 0 Å². The quantitative estimate of drug-likeness (QED) is 0.389. The third kappa shape index (κ3) is 3.29. The van der Waals surface area contributed by atoms with Crippen molar-refractivity contribution in [2.45, 2.75) is 128 Å². The summed E-state index contributed by atoms with van der Waals surface area (Å²) in [5.41, 5.74) is 5.28. The van der Waals surface area contributed by atoms with Gasteiger partial charge in [0.15, 0.2) is 0 Å². The summed E-state index contributed by atoms with van der Waals surface area (Å²) in [7, 11) is -2.79. The smallest absolute Gasteiger partial charge is 0.0615 e. The van der Waals surface area contributed by atoms with Gasteiger partial charge < -0.3 is 0 Å². The lowest BCUT2D eigenvalue weighted by Crippen LogP contribution is -2.61. The second kappa shape index (κ2) is 8.01. The fraction of sp³-hybridized carbons (Fsp3) is 1.00. The predicted octanol–water partition coefficient (Wildman–Crippen LogP) is 8.27. The summed E-state index contributed by atoms with van der Waals surface area (Å²) in [5.74, 6) is 0. The molecule has 134 valence electrons. The average molecular weight is 343 g/mol. The van der Waals surface area contributed by atoms with E-state index in [0.717, 1.165) is 38.4 Å². The van der Waals surface area contributed by atoms with Crippen LogP contribution in [0, 0.1) is 0 Å². The highest BCUT2D eigenvalue weighted by Gasteiger charge is 2.58. The van der Waals surface area contributed by atoms with Crippen LogP contribution in [-0.2, 0) is 0 Å². The molecule has 0 radical (unpaired) electrons. The van der Waals surface area contributed by atoms with Crippen molar-refractivity contribution < 1.29 is 0 Å². The van der Waals surface area contributed by atoms with Gasteiger partial charge in [-0.3, -0.25) is 0 Å². The van der Waals surface area contributed by atoms with Crippen LogP contribution >= 0.6 is 0 Å². The average Bonchev–Trinajstić information content (AvgIpc) is 2.26. The zero-order valence-corrected chi connectivity index (χ0v) is 20.0. The Labute approximate surface area is 144 Å². The van der Waals surface area contributed by atoms with Crippen LogP contribution in [-0.4, -0.2) is 16.1 Å². The van der Waals surface area contributed by atoms with E-state index in [9.17, 15) is 0 Å². The molecule has 0 aliphatic rings. The van der Waals surface area contributed by atoms with Gasteiger partial charge in [0.2, 0.25) is 0 Å². The van der Waals surface area contributed by atoms with Crippen LogP contribution < -0.4 is 0 Å². The van der Waals surface area contributed by atoms with Crippen molar-refractivity contribution in [3.63, 3.8) is 0 Å². The van der Waals surface area contributed by atoms with Crippen LogP contribution in [0.5, 0.6) is 0 Å². The summed E-state index contributed by atoms with van der Waals surface area (Å²) >= 11 is 0. The molecule has 0 N–H and O–H groups in total. The van der Waals surface area contributed by atoms with Crippen molar-refractivity contribution in [3.8, 4) is 0 Å². The molecule has 22 heavy (non-hydrogen) atoms. The molecule has 0 unspecified atom stereocenters. The van der Waals surface area contributed by atoms with Crippen molar-refractivity contribution in [2.24, 2.45) is 0 Å². The molecule has 0 bridgehead atoms. The summed E-state index contributed by atoms with van der Waals surface area (Å²) in [5, 5.41) is 0.986. The molecule has 0 aliphatic heterocycles. The highest BCUT2D eigenvalue weighted by atomic mass is 28.4. The zero-order chi connectivity index (χ0) is 18.0. The fourth-order valence-corrected chi connectivity index (χ4v) is 30.9. The third-order valence-electron chi connectivity index (χ3n) is 7.50. The van der Waals surface area contributed by atoms with Gasteiger partial charge >= 0.3 is 0 Å². The van der Waals surface area contributed by atoms with Crippen LogP contribution in [0.1, 0.15) is 90.0 Å². The maximum atomic E-state index is 2.71. The van der Waals surface area contributed by atoms with Crippen molar-refractivity contribution in [1.82, 2.24) is 0 Å². The lowest BCUT2D eigenvalue weighted by atomic mass is 10.5. The van der Waals surface area contributed by atoms with Crippen LogP contribution in [0.15, 0.2) is 0 Å². The first-order valence-electron chi connectivity index (χ1n) is 9.81. The fourth-order valence-electron chi connectivity index (χ4n) is 7.43. The Balaban J connectivity index is 6.46. The molecule has 0 nitrogen and oxygen atoms in total. The lowest BCUT2D eigenvalue weighted by molar-refractivity contribution is 0.732. The van der Waals surface area contributed by atoms with Crippen molar-refractivity contribution in [1.29, 1.82) is 0 Å². The Morgan fingerprint density at radius 3 is 0.545 bits per heavy atom. The van der Waals surface area contributed by atoms with Gasteiger partial charge in [0.25, 0.3) is 0 Å². The van der Waals surface area contributed by atoms with E-state index in [1.165, 1.54) is 0 Å². The Morgan fingerprint density at radius 2 is 0.455 bits per heavy atom. The minimum absolute atomic E-state index is 0.880. The molecule has 2 heteroatoms. The molecule has 0 aliphatic carbocycles. The lowest BCUT2D eigenvalue weighted by Gasteiger charge is -2.59. The van der Waals surface area contributed by atoms with Crippen LogP contribution in [0.25, 0.3) is 0 Å². The zero-order valence-electron chi connectivity index (χ0n) is 18.0. The Kier molecular flexibility index (Phi) is 8.16. The SMILES string of the molecule is CC(C)[Si](C(C)C)(C(C)C)C(C)[Si](C(C)C)(C(C)C)C(C)C. The molecule has 0 spiro atoms. The monoisotopic (exact) mass is 342 g/mol. The Hall–Kier alpha value is 0.434. The number of hydrogen-bond donors (Lipinski definition) is 0. The molecule has 0 saturated heterocycles. The summed E-state index contributed by atoms with van der Waals surface area (Å²) in [6.07, 6.45) is 0. The van der Waals surface area contributed by atoms with Gasteiger partial charge in [-0.05, 0) is 0 Å². The van der Waals surface area contributed by atoms with E-state index in [-0.39, 0.29) is 0 Å². The van der Waals surface area contributed by atoms with E-state index in [1.807, 2.05) is 0 Å². The van der Waals surface area contributed by atoms with Crippen molar-refractivity contribution >= 4 is 16.1 Å². The number of hydrogen-bond acceptors (Lipinski definition) is 0. The van der Waals surface area contributed by atoms with E-state index in [0.29, 0.717) is 0 Å². The van der Waals surface area contributed by atoms with E-state index in [1.54, 1.807) is 0 Å². The molecule has 0 aromatic heterocycles. The van der Waals surface area contributed by atoms with Crippen LogP contribution in [0.2, 0.25) is 38.4 Å². The van der Waals surface area contributed by atoms with E-state index in [2.05, 4.69) is 90.0 Å². The molecule has 0 saturated carbocycles. The standard InChI is InChI=1S/C20H46Si2/c1-14(2)21(15(3)4,16(5)6)20(13)22(17(7)8,18(9)10)19(11)12/h14-20H,1-13H3. The summed E-state index contributed by atoms with van der Waals surface area (Å²) < 4.78 is 0. The van der Waals surface area contributed by atoms with Gasteiger partial charge in [-0.25, -0.2) is 0 Å². The maximum absolute atomic E-state index is 2.71. The third-order valence-corrected chi connectivity index (χ3v) is 25.5. The van der Waals surface area contributed by atoms with Crippen molar-refractivity contribution in [3.05, 3.63) is 0 Å². The highest BCUT2D eigenvalue weighted by Crippen LogP contribution is 2.59. The normalized spacial score (nSPS) is 14.7.